The highest BCUT2D eigenvalue weighted by Gasteiger charge is 2.23. The van der Waals surface area contributed by atoms with Crippen molar-refractivity contribution in [3.63, 3.8) is 0 Å². The Bertz CT molecular complexity index is 1020. The highest BCUT2D eigenvalue weighted by Crippen LogP contribution is 2.26. The maximum Gasteiger partial charge on any atom is 0.268 e. The predicted octanol–water partition coefficient (Wildman–Crippen LogP) is 3.38. The number of nitrogens with one attached hydrogen (secondary N) is 1. The van der Waals surface area contributed by atoms with Crippen molar-refractivity contribution in [1.29, 1.82) is 0 Å². The number of fused-ring (bicyclic) bond motifs is 1. The maximum atomic E-state index is 12.8. The van der Waals surface area contributed by atoms with E-state index in [0.29, 0.717) is 10.9 Å². The molecule has 5 heteroatoms. The molecule has 0 bridgehead atoms. The predicted molar refractivity (Wildman–Crippen MR) is 102 cm³/mol. The van der Waals surface area contributed by atoms with Gasteiger partial charge in [0, 0.05) is 11.9 Å². The molecule has 2 N–H and O–H groups in total. The Morgan fingerprint density at radius 2 is 1.85 bits per heavy atom. The summed E-state index contributed by atoms with van der Waals surface area (Å²) in [6.45, 7) is 5.74. The molecular formula is C21H20N2O3. The Morgan fingerprint density at radius 3 is 2.54 bits per heavy atom. The summed E-state index contributed by atoms with van der Waals surface area (Å²) < 4.78 is 1.43. The van der Waals surface area contributed by atoms with Crippen molar-refractivity contribution >= 4 is 16.8 Å². The van der Waals surface area contributed by atoms with Gasteiger partial charge in [0.15, 0.2) is 0 Å². The second-order valence-electron chi connectivity index (χ2n) is 6.05. The molecule has 0 aliphatic rings. The third-order valence-corrected chi connectivity index (χ3v) is 4.33. The van der Waals surface area contributed by atoms with Crippen LogP contribution in [0.5, 0.6) is 5.75 Å². The number of carbonyl (C=O) groups is 1. The summed E-state index contributed by atoms with van der Waals surface area (Å²) in [5.74, 6) is -0.906. The lowest BCUT2D eigenvalue weighted by molar-refractivity contribution is 0.0935. The van der Waals surface area contributed by atoms with Crippen LogP contribution in [0.25, 0.3) is 10.9 Å². The van der Waals surface area contributed by atoms with Gasteiger partial charge in [-0.3, -0.25) is 9.59 Å². The first kappa shape index (κ1) is 17.5. The number of aromatic hydroxyl groups is 1. The molecular weight excluding hydrogens is 328 g/mol. The number of benzene rings is 2. The number of aromatic nitrogens is 1. The smallest absolute Gasteiger partial charge is 0.268 e. The molecule has 3 aromatic rings. The summed E-state index contributed by atoms with van der Waals surface area (Å²) in [6.07, 6.45) is 1.58. The summed E-state index contributed by atoms with van der Waals surface area (Å²) in [5, 5.41) is 13.8. The van der Waals surface area contributed by atoms with E-state index in [2.05, 4.69) is 11.9 Å². The zero-order valence-corrected chi connectivity index (χ0v) is 14.5. The van der Waals surface area contributed by atoms with Gasteiger partial charge in [-0.25, -0.2) is 0 Å². The van der Waals surface area contributed by atoms with E-state index in [1.807, 2.05) is 37.3 Å². The summed E-state index contributed by atoms with van der Waals surface area (Å²) >= 11 is 0. The van der Waals surface area contributed by atoms with E-state index in [0.717, 1.165) is 5.56 Å². The first-order valence-corrected chi connectivity index (χ1v) is 8.35. The van der Waals surface area contributed by atoms with Gasteiger partial charge in [0.2, 0.25) is 0 Å². The quantitative estimate of drug-likeness (QED) is 0.694. The summed E-state index contributed by atoms with van der Waals surface area (Å²) in [4.78, 5) is 25.6. The third-order valence-electron chi connectivity index (χ3n) is 4.33. The van der Waals surface area contributed by atoms with Gasteiger partial charge < -0.3 is 15.0 Å². The summed E-state index contributed by atoms with van der Waals surface area (Å²) in [7, 11) is 0. The van der Waals surface area contributed by atoms with E-state index < -0.39 is 11.5 Å². The standard InChI is InChI=1S/C21H20N2O3/c1-3-13-23-17-12-8-7-11-16(17)19(24)18(21(23)26)20(25)22-14(2)15-9-5-4-6-10-15/h3-12,14,24H,1,13H2,2H3,(H,22,25)/t14-/m1/s1. The van der Waals surface area contributed by atoms with Crippen LogP contribution in [0.2, 0.25) is 0 Å². The van der Waals surface area contributed by atoms with E-state index in [1.54, 1.807) is 30.3 Å². The number of hydrogen-bond acceptors (Lipinski definition) is 3. The third kappa shape index (κ3) is 3.11. The number of amides is 1. The Balaban J connectivity index is 2.08. The van der Waals surface area contributed by atoms with E-state index in [-0.39, 0.29) is 23.9 Å². The van der Waals surface area contributed by atoms with Crippen molar-refractivity contribution in [3.05, 3.63) is 88.7 Å². The number of allylic oxidation sites excluding steroid dienone is 1. The Labute approximate surface area is 151 Å². The molecule has 0 saturated heterocycles. The van der Waals surface area contributed by atoms with Gasteiger partial charge in [-0.2, -0.15) is 0 Å². The minimum absolute atomic E-state index is 0.244. The Hall–Kier alpha value is -3.34. The van der Waals surface area contributed by atoms with Crippen LogP contribution in [0.3, 0.4) is 0 Å². The molecule has 1 atom stereocenters. The molecule has 0 aliphatic carbocycles. The SMILES string of the molecule is C=CCn1c(=O)c(C(=O)N[C@H](C)c2ccccc2)c(O)c2ccccc21. The molecule has 0 radical (unpaired) electrons. The van der Waals surface area contributed by atoms with Crippen LogP contribution in [-0.2, 0) is 6.54 Å². The van der Waals surface area contributed by atoms with Crippen LogP contribution in [0.4, 0.5) is 0 Å². The molecule has 1 heterocycles. The minimum Gasteiger partial charge on any atom is -0.506 e. The van der Waals surface area contributed by atoms with Gasteiger partial charge >= 0.3 is 0 Å². The molecule has 3 rings (SSSR count). The summed E-state index contributed by atoms with van der Waals surface area (Å²) in [5.41, 5.74) is 0.669. The van der Waals surface area contributed by atoms with Gasteiger partial charge in [-0.05, 0) is 24.6 Å². The molecule has 0 spiro atoms. The molecule has 0 saturated carbocycles. The molecule has 26 heavy (non-hydrogen) atoms. The molecule has 0 unspecified atom stereocenters. The average molecular weight is 348 g/mol. The fourth-order valence-corrected chi connectivity index (χ4v) is 3.00. The monoisotopic (exact) mass is 348 g/mol. The van der Waals surface area contributed by atoms with Crippen LogP contribution in [0.15, 0.2) is 72.0 Å². The number of para-hydroxylation sites is 1. The van der Waals surface area contributed by atoms with Gasteiger partial charge in [0.1, 0.15) is 11.3 Å². The van der Waals surface area contributed by atoms with E-state index in [4.69, 9.17) is 0 Å². The van der Waals surface area contributed by atoms with Crippen LogP contribution < -0.4 is 10.9 Å². The molecule has 1 amide bonds. The van der Waals surface area contributed by atoms with Gasteiger partial charge in [-0.1, -0.05) is 48.5 Å². The lowest BCUT2D eigenvalue weighted by Crippen LogP contribution is -2.34. The zero-order valence-electron chi connectivity index (χ0n) is 14.5. The fraction of sp³-hybridized carbons (Fsp3) is 0.143. The lowest BCUT2D eigenvalue weighted by atomic mass is 10.1. The molecule has 132 valence electrons. The first-order chi connectivity index (χ1) is 12.5. The maximum absolute atomic E-state index is 12.8. The Morgan fingerprint density at radius 1 is 1.19 bits per heavy atom. The van der Waals surface area contributed by atoms with E-state index in [1.165, 1.54) is 4.57 Å². The summed E-state index contributed by atoms with van der Waals surface area (Å²) in [6, 6.07) is 16.1. The van der Waals surface area contributed by atoms with Gasteiger partial charge in [0.05, 0.1) is 11.6 Å². The first-order valence-electron chi connectivity index (χ1n) is 8.35. The lowest BCUT2D eigenvalue weighted by Gasteiger charge is -2.17. The number of hydrogen-bond donors (Lipinski definition) is 2. The Kier molecular flexibility index (Phi) is 4.89. The second kappa shape index (κ2) is 7.27. The minimum atomic E-state index is -0.604. The van der Waals surface area contributed by atoms with E-state index in [9.17, 15) is 14.7 Å². The van der Waals surface area contributed by atoms with Crippen LogP contribution >= 0.6 is 0 Å². The molecule has 1 aromatic heterocycles. The highest BCUT2D eigenvalue weighted by molar-refractivity contribution is 6.02. The topological polar surface area (TPSA) is 71.3 Å². The van der Waals surface area contributed by atoms with Gasteiger partial charge in [-0.15, -0.1) is 6.58 Å². The zero-order chi connectivity index (χ0) is 18.7. The van der Waals surface area contributed by atoms with E-state index >= 15 is 0 Å². The number of carbonyl (C=O) groups excluding carboxylic acids is 1. The van der Waals surface area contributed by atoms with Crippen molar-refractivity contribution in [2.45, 2.75) is 19.5 Å². The van der Waals surface area contributed by atoms with Crippen molar-refractivity contribution in [1.82, 2.24) is 9.88 Å². The van der Waals surface area contributed by atoms with Crippen molar-refractivity contribution in [2.24, 2.45) is 0 Å². The van der Waals surface area contributed by atoms with Crippen LogP contribution in [0.1, 0.15) is 28.9 Å². The molecule has 0 aliphatic heterocycles. The average Bonchev–Trinajstić information content (AvgIpc) is 2.66. The van der Waals surface area contributed by atoms with Crippen molar-refractivity contribution in [2.75, 3.05) is 0 Å². The van der Waals surface area contributed by atoms with Crippen LogP contribution in [0, 0.1) is 0 Å². The molecule has 0 fully saturated rings. The van der Waals surface area contributed by atoms with Crippen molar-refractivity contribution in [3.8, 4) is 5.75 Å². The number of rotatable bonds is 5. The highest BCUT2D eigenvalue weighted by atomic mass is 16.3. The van der Waals surface area contributed by atoms with Crippen LogP contribution in [-0.4, -0.2) is 15.6 Å². The van der Waals surface area contributed by atoms with Crippen molar-refractivity contribution < 1.29 is 9.90 Å². The molecule has 5 nitrogen and oxygen atoms in total. The number of pyridine rings is 1. The fourth-order valence-electron chi connectivity index (χ4n) is 3.00. The van der Waals surface area contributed by atoms with Gasteiger partial charge in [0.25, 0.3) is 11.5 Å². The number of nitrogens with zero attached hydrogens (tertiary/aromatic N) is 1. The largest absolute Gasteiger partial charge is 0.506 e. The second-order valence-corrected chi connectivity index (χ2v) is 6.05. The normalized spacial score (nSPS) is 11.9. The molecule has 2 aromatic carbocycles.